The van der Waals surface area contributed by atoms with Crippen LogP contribution in [0.2, 0.25) is 0 Å². The molecule has 0 spiro atoms. The molecular weight excluding hydrogens is 344 g/mol. The van der Waals surface area contributed by atoms with E-state index in [0.717, 1.165) is 17.4 Å². The molecule has 0 bridgehead atoms. The van der Waals surface area contributed by atoms with Crippen molar-refractivity contribution in [2.75, 3.05) is 0 Å². The normalized spacial score (nSPS) is 11.7. The molecule has 0 amide bonds. The van der Waals surface area contributed by atoms with Crippen molar-refractivity contribution >= 4 is 18.1 Å². The Morgan fingerprint density at radius 1 is 1.04 bits per heavy atom. The second kappa shape index (κ2) is 9.38. The minimum Gasteiger partial charge on any atom is -0.508 e. The molecule has 5 heteroatoms. The third-order valence-electron chi connectivity index (χ3n) is 4.15. The molecule has 0 aromatic heterocycles. The lowest BCUT2D eigenvalue weighted by molar-refractivity contribution is -0.107. The Bertz CT molecular complexity index is 876. The van der Waals surface area contributed by atoms with Gasteiger partial charge in [-0.15, -0.1) is 0 Å². The van der Waals surface area contributed by atoms with Crippen LogP contribution in [0.25, 0.3) is 6.08 Å². The SMILES string of the molecule is C/C(=C/Cc1c(O)ccc(C(=O)/C=C/c2ccc(O)cc2)c1O)CCC=O. The first-order valence-corrected chi connectivity index (χ1v) is 8.57. The fourth-order valence-corrected chi connectivity index (χ4v) is 2.54. The molecule has 2 aromatic carbocycles. The quantitative estimate of drug-likeness (QED) is 0.282. The molecule has 0 atom stereocenters. The first kappa shape index (κ1) is 20.0. The smallest absolute Gasteiger partial charge is 0.189 e. The van der Waals surface area contributed by atoms with Crippen molar-refractivity contribution in [3.8, 4) is 17.2 Å². The van der Waals surface area contributed by atoms with Crippen LogP contribution in [-0.2, 0) is 11.2 Å². The highest BCUT2D eigenvalue weighted by atomic mass is 16.3. The number of hydrogen-bond donors (Lipinski definition) is 3. The number of benzene rings is 2. The fourth-order valence-electron chi connectivity index (χ4n) is 2.54. The highest BCUT2D eigenvalue weighted by Crippen LogP contribution is 2.32. The van der Waals surface area contributed by atoms with Crippen molar-refractivity contribution < 1.29 is 24.9 Å². The van der Waals surface area contributed by atoms with Crippen molar-refractivity contribution in [2.24, 2.45) is 0 Å². The van der Waals surface area contributed by atoms with Gasteiger partial charge in [-0.2, -0.15) is 0 Å². The molecule has 27 heavy (non-hydrogen) atoms. The van der Waals surface area contributed by atoms with E-state index in [2.05, 4.69) is 0 Å². The Labute approximate surface area is 157 Å². The predicted molar refractivity (Wildman–Crippen MR) is 104 cm³/mol. The van der Waals surface area contributed by atoms with E-state index in [1.807, 2.05) is 13.0 Å². The van der Waals surface area contributed by atoms with Crippen LogP contribution in [0.5, 0.6) is 17.2 Å². The maximum absolute atomic E-state index is 12.4. The summed E-state index contributed by atoms with van der Waals surface area (Å²) in [5.74, 6) is -0.611. The van der Waals surface area contributed by atoms with Gasteiger partial charge in [0.2, 0.25) is 0 Å². The summed E-state index contributed by atoms with van der Waals surface area (Å²) in [5.41, 5.74) is 2.05. The Balaban J connectivity index is 2.21. The number of carbonyl (C=O) groups is 2. The van der Waals surface area contributed by atoms with Gasteiger partial charge in [-0.3, -0.25) is 4.79 Å². The van der Waals surface area contributed by atoms with Crippen molar-refractivity contribution in [3.63, 3.8) is 0 Å². The van der Waals surface area contributed by atoms with E-state index < -0.39 is 5.78 Å². The Kier molecular flexibility index (Phi) is 6.94. The van der Waals surface area contributed by atoms with E-state index in [1.54, 1.807) is 18.2 Å². The zero-order chi connectivity index (χ0) is 19.8. The maximum atomic E-state index is 12.4. The Morgan fingerprint density at radius 3 is 2.41 bits per heavy atom. The molecule has 5 nitrogen and oxygen atoms in total. The summed E-state index contributed by atoms with van der Waals surface area (Å²) in [6.07, 6.45) is 6.85. The van der Waals surface area contributed by atoms with Gasteiger partial charge in [0.15, 0.2) is 5.78 Å². The third-order valence-corrected chi connectivity index (χ3v) is 4.15. The average Bonchev–Trinajstić information content (AvgIpc) is 2.65. The molecule has 2 aromatic rings. The molecule has 0 radical (unpaired) electrons. The van der Waals surface area contributed by atoms with Gasteiger partial charge in [0.1, 0.15) is 23.5 Å². The van der Waals surface area contributed by atoms with Crippen LogP contribution < -0.4 is 0 Å². The molecule has 0 unspecified atom stereocenters. The van der Waals surface area contributed by atoms with Crippen LogP contribution in [0.4, 0.5) is 0 Å². The zero-order valence-electron chi connectivity index (χ0n) is 15.1. The van der Waals surface area contributed by atoms with Gasteiger partial charge in [0.05, 0.1) is 5.56 Å². The molecule has 0 fully saturated rings. The van der Waals surface area contributed by atoms with Crippen molar-refractivity contribution in [2.45, 2.75) is 26.2 Å². The van der Waals surface area contributed by atoms with E-state index in [9.17, 15) is 24.9 Å². The standard InChI is InChI=1S/C22H22O5/c1-15(3-2-14-23)4-10-18-21(26)13-11-19(22(18)27)20(25)12-7-16-5-8-17(24)9-6-16/h4-9,11-14,24,26-27H,2-3,10H2,1H3/b12-7+,15-4-. The van der Waals surface area contributed by atoms with E-state index in [4.69, 9.17) is 0 Å². The van der Waals surface area contributed by atoms with Crippen LogP contribution in [0, 0.1) is 0 Å². The zero-order valence-corrected chi connectivity index (χ0v) is 15.1. The van der Waals surface area contributed by atoms with Gasteiger partial charge < -0.3 is 20.1 Å². The van der Waals surface area contributed by atoms with Crippen LogP contribution >= 0.6 is 0 Å². The lowest BCUT2D eigenvalue weighted by Crippen LogP contribution is -1.98. The summed E-state index contributed by atoms with van der Waals surface area (Å²) < 4.78 is 0. The number of hydrogen-bond acceptors (Lipinski definition) is 5. The van der Waals surface area contributed by atoms with E-state index >= 15 is 0 Å². The number of carbonyl (C=O) groups excluding carboxylic acids is 2. The molecule has 140 valence electrons. The fraction of sp³-hybridized carbons (Fsp3) is 0.182. The van der Waals surface area contributed by atoms with Gasteiger partial charge in [-0.25, -0.2) is 0 Å². The van der Waals surface area contributed by atoms with E-state index in [1.165, 1.54) is 30.3 Å². The third kappa shape index (κ3) is 5.57. The molecule has 0 aliphatic rings. The monoisotopic (exact) mass is 366 g/mol. The predicted octanol–water partition coefficient (Wildman–Crippen LogP) is 4.17. The van der Waals surface area contributed by atoms with Gasteiger partial charge in [-0.1, -0.05) is 29.9 Å². The molecule has 0 aliphatic heterocycles. The first-order chi connectivity index (χ1) is 12.9. The first-order valence-electron chi connectivity index (χ1n) is 8.57. The number of rotatable bonds is 8. The summed E-state index contributed by atoms with van der Waals surface area (Å²) in [5, 5.41) is 29.7. The minimum absolute atomic E-state index is 0.0917. The largest absolute Gasteiger partial charge is 0.508 e. The minimum atomic E-state index is -0.400. The highest BCUT2D eigenvalue weighted by Gasteiger charge is 2.15. The molecule has 0 aliphatic carbocycles. The number of aromatic hydroxyl groups is 3. The number of ketones is 1. The van der Waals surface area contributed by atoms with Crippen molar-refractivity contribution in [1.29, 1.82) is 0 Å². The number of allylic oxidation sites excluding steroid dienone is 3. The van der Waals surface area contributed by atoms with Crippen LogP contribution in [0.1, 0.15) is 41.3 Å². The summed E-state index contributed by atoms with van der Waals surface area (Å²) in [6, 6.07) is 9.10. The molecule has 0 saturated heterocycles. The van der Waals surface area contributed by atoms with Crippen molar-refractivity contribution in [1.82, 2.24) is 0 Å². The van der Waals surface area contributed by atoms with Crippen LogP contribution in [0.3, 0.4) is 0 Å². The van der Waals surface area contributed by atoms with Gasteiger partial charge in [0, 0.05) is 12.0 Å². The van der Waals surface area contributed by atoms with Gasteiger partial charge >= 0.3 is 0 Å². The second-order valence-electron chi connectivity index (χ2n) is 6.21. The van der Waals surface area contributed by atoms with Crippen LogP contribution in [-0.4, -0.2) is 27.4 Å². The maximum Gasteiger partial charge on any atom is 0.189 e. The van der Waals surface area contributed by atoms with Crippen molar-refractivity contribution in [3.05, 3.63) is 70.8 Å². The Morgan fingerprint density at radius 2 is 1.74 bits per heavy atom. The molecular formula is C22H22O5. The van der Waals surface area contributed by atoms with Gasteiger partial charge in [0.25, 0.3) is 0 Å². The Hall–Kier alpha value is -3.34. The van der Waals surface area contributed by atoms with E-state index in [0.29, 0.717) is 12.8 Å². The number of phenols is 3. The summed E-state index contributed by atoms with van der Waals surface area (Å²) in [7, 11) is 0. The molecule has 0 saturated carbocycles. The summed E-state index contributed by atoms with van der Waals surface area (Å²) in [6.45, 7) is 1.87. The number of phenolic OH excluding ortho intramolecular Hbond substituents is 3. The summed E-state index contributed by atoms with van der Waals surface area (Å²) in [4.78, 5) is 22.8. The number of aldehydes is 1. The van der Waals surface area contributed by atoms with Crippen LogP contribution in [0.15, 0.2) is 54.1 Å². The van der Waals surface area contributed by atoms with Gasteiger partial charge in [-0.05, 0) is 55.7 Å². The molecule has 3 N–H and O–H groups in total. The average molecular weight is 366 g/mol. The second-order valence-corrected chi connectivity index (χ2v) is 6.21. The molecule has 2 rings (SSSR count). The topological polar surface area (TPSA) is 94.8 Å². The molecule has 0 heterocycles. The van der Waals surface area contributed by atoms with E-state index in [-0.39, 0.29) is 34.8 Å². The summed E-state index contributed by atoms with van der Waals surface area (Å²) >= 11 is 0. The lowest BCUT2D eigenvalue weighted by atomic mass is 9.99. The lowest BCUT2D eigenvalue weighted by Gasteiger charge is -2.09. The highest BCUT2D eigenvalue weighted by molar-refractivity contribution is 6.09.